The van der Waals surface area contributed by atoms with Gasteiger partial charge in [-0.25, -0.2) is 4.98 Å². The molecule has 1 aromatic heterocycles. The topological polar surface area (TPSA) is 45.1 Å². The Morgan fingerprint density at radius 2 is 2.46 bits per heavy atom. The van der Waals surface area contributed by atoms with Gasteiger partial charge in [-0.3, -0.25) is 0 Å². The molecule has 1 atom stereocenters. The second-order valence-electron chi connectivity index (χ2n) is 3.05. The third kappa shape index (κ3) is 3.85. The summed E-state index contributed by atoms with van der Waals surface area (Å²) in [6.45, 7) is 5.54. The summed E-state index contributed by atoms with van der Waals surface area (Å²) in [7, 11) is 0. The molecular formula is C9H16N2OS. The van der Waals surface area contributed by atoms with Crippen molar-refractivity contribution in [1.82, 2.24) is 10.3 Å². The van der Waals surface area contributed by atoms with E-state index >= 15 is 0 Å². The van der Waals surface area contributed by atoms with E-state index in [9.17, 15) is 5.11 Å². The lowest BCUT2D eigenvalue weighted by atomic mass is 10.2. The molecule has 0 saturated carbocycles. The van der Waals surface area contributed by atoms with Gasteiger partial charge in [-0.2, -0.15) is 0 Å². The van der Waals surface area contributed by atoms with Gasteiger partial charge in [0.2, 0.25) is 0 Å². The average Bonchev–Trinajstić information content (AvgIpc) is 2.48. The maximum Gasteiger partial charge on any atom is 0.0954 e. The standard InChI is InChI=1S/C9H16N2OS/c1-3-10-5-8(12)4-9-11-7(2)6-13-9/h6,8,10,12H,3-5H2,1-2H3. The van der Waals surface area contributed by atoms with Gasteiger partial charge in [0.1, 0.15) is 0 Å². The van der Waals surface area contributed by atoms with Gasteiger partial charge in [0.15, 0.2) is 0 Å². The van der Waals surface area contributed by atoms with E-state index in [-0.39, 0.29) is 6.10 Å². The minimum Gasteiger partial charge on any atom is -0.391 e. The molecule has 4 heteroatoms. The Kier molecular flexibility index (Phi) is 4.35. The van der Waals surface area contributed by atoms with E-state index in [4.69, 9.17) is 0 Å². The van der Waals surface area contributed by atoms with Crippen molar-refractivity contribution in [2.75, 3.05) is 13.1 Å². The van der Waals surface area contributed by atoms with Gasteiger partial charge in [0.05, 0.1) is 11.1 Å². The molecular weight excluding hydrogens is 184 g/mol. The summed E-state index contributed by atoms with van der Waals surface area (Å²) in [5.74, 6) is 0. The van der Waals surface area contributed by atoms with Crippen LogP contribution in [0.3, 0.4) is 0 Å². The van der Waals surface area contributed by atoms with Crippen molar-refractivity contribution in [1.29, 1.82) is 0 Å². The molecule has 1 aromatic rings. The number of rotatable bonds is 5. The van der Waals surface area contributed by atoms with E-state index < -0.39 is 0 Å². The van der Waals surface area contributed by atoms with Crippen LogP contribution in [0, 0.1) is 6.92 Å². The zero-order valence-electron chi connectivity index (χ0n) is 8.08. The lowest BCUT2D eigenvalue weighted by Crippen LogP contribution is -2.28. The molecule has 0 saturated heterocycles. The summed E-state index contributed by atoms with van der Waals surface area (Å²) in [6.07, 6.45) is 0.344. The summed E-state index contributed by atoms with van der Waals surface area (Å²) in [5, 5.41) is 15.7. The zero-order valence-corrected chi connectivity index (χ0v) is 8.90. The van der Waals surface area contributed by atoms with Crippen molar-refractivity contribution in [3.63, 3.8) is 0 Å². The normalized spacial score (nSPS) is 13.2. The largest absolute Gasteiger partial charge is 0.391 e. The third-order valence-electron chi connectivity index (χ3n) is 1.71. The third-order valence-corrected chi connectivity index (χ3v) is 2.70. The Morgan fingerprint density at radius 3 is 3.00 bits per heavy atom. The number of likely N-dealkylation sites (N-methyl/N-ethyl adjacent to an activating group) is 1. The van der Waals surface area contributed by atoms with Crippen molar-refractivity contribution in [2.24, 2.45) is 0 Å². The Morgan fingerprint density at radius 1 is 1.69 bits per heavy atom. The molecule has 2 N–H and O–H groups in total. The molecule has 0 aliphatic carbocycles. The maximum atomic E-state index is 9.55. The molecule has 74 valence electrons. The van der Waals surface area contributed by atoms with Gasteiger partial charge in [-0.1, -0.05) is 6.92 Å². The number of hydrogen-bond donors (Lipinski definition) is 2. The molecule has 0 amide bonds. The van der Waals surface area contributed by atoms with Crippen LogP contribution in [-0.4, -0.2) is 29.3 Å². The lowest BCUT2D eigenvalue weighted by Gasteiger charge is -2.08. The fourth-order valence-corrected chi connectivity index (χ4v) is 1.93. The molecule has 13 heavy (non-hydrogen) atoms. The van der Waals surface area contributed by atoms with Crippen molar-refractivity contribution in [2.45, 2.75) is 26.4 Å². The van der Waals surface area contributed by atoms with Crippen LogP contribution in [-0.2, 0) is 6.42 Å². The lowest BCUT2D eigenvalue weighted by molar-refractivity contribution is 0.172. The first-order chi connectivity index (χ1) is 6.22. The van der Waals surface area contributed by atoms with Crippen molar-refractivity contribution in [3.05, 3.63) is 16.1 Å². The predicted octanol–water partition coefficient (Wildman–Crippen LogP) is 0.964. The quantitative estimate of drug-likeness (QED) is 0.744. The average molecular weight is 200 g/mol. The van der Waals surface area contributed by atoms with Crippen LogP contribution in [0.4, 0.5) is 0 Å². The molecule has 0 radical (unpaired) electrons. The first-order valence-electron chi connectivity index (χ1n) is 4.52. The molecule has 0 spiro atoms. The summed E-state index contributed by atoms with van der Waals surface area (Å²) in [6, 6.07) is 0. The predicted molar refractivity (Wildman–Crippen MR) is 55.1 cm³/mol. The Labute approximate surface area is 82.8 Å². The second-order valence-corrected chi connectivity index (χ2v) is 3.99. The van der Waals surface area contributed by atoms with Gasteiger partial charge in [0, 0.05) is 24.0 Å². The van der Waals surface area contributed by atoms with Crippen LogP contribution < -0.4 is 5.32 Å². The van der Waals surface area contributed by atoms with Crippen molar-refractivity contribution >= 4 is 11.3 Å². The Balaban J connectivity index is 2.31. The van der Waals surface area contributed by atoms with Gasteiger partial charge < -0.3 is 10.4 Å². The highest BCUT2D eigenvalue weighted by Gasteiger charge is 2.07. The van der Waals surface area contributed by atoms with Crippen LogP contribution in [0.15, 0.2) is 5.38 Å². The summed E-state index contributed by atoms with van der Waals surface area (Å²) < 4.78 is 0. The van der Waals surface area contributed by atoms with Gasteiger partial charge in [-0.15, -0.1) is 11.3 Å². The number of nitrogens with zero attached hydrogens (tertiary/aromatic N) is 1. The molecule has 0 bridgehead atoms. The number of hydrogen-bond acceptors (Lipinski definition) is 4. The monoisotopic (exact) mass is 200 g/mol. The van der Waals surface area contributed by atoms with Gasteiger partial charge in [-0.05, 0) is 13.5 Å². The van der Waals surface area contributed by atoms with Crippen LogP contribution in [0.5, 0.6) is 0 Å². The summed E-state index contributed by atoms with van der Waals surface area (Å²) >= 11 is 1.61. The molecule has 0 fully saturated rings. The van der Waals surface area contributed by atoms with Crippen molar-refractivity contribution in [3.8, 4) is 0 Å². The van der Waals surface area contributed by atoms with E-state index in [1.54, 1.807) is 11.3 Å². The molecule has 0 aliphatic heterocycles. The molecule has 1 rings (SSSR count). The molecule has 0 aliphatic rings. The zero-order chi connectivity index (χ0) is 9.68. The smallest absolute Gasteiger partial charge is 0.0954 e. The number of nitrogens with one attached hydrogen (secondary N) is 1. The van der Waals surface area contributed by atoms with Crippen LogP contribution in [0.2, 0.25) is 0 Å². The van der Waals surface area contributed by atoms with Crippen LogP contribution >= 0.6 is 11.3 Å². The summed E-state index contributed by atoms with van der Waals surface area (Å²) in [4.78, 5) is 4.29. The fourth-order valence-electron chi connectivity index (χ4n) is 1.08. The van der Waals surface area contributed by atoms with Crippen LogP contribution in [0.1, 0.15) is 17.6 Å². The number of aromatic nitrogens is 1. The summed E-state index contributed by atoms with van der Waals surface area (Å²) in [5.41, 5.74) is 1.04. The minimum atomic E-state index is -0.314. The van der Waals surface area contributed by atoms with Crippen molar-refractivity contribution < 1.29 is 5.11 Å². The first kappa shape index (κ1) is 10.6. The van der Waals surface area contributed by atoms with E-state index in [1.165, 1.54) is 0 Å². The number of aliphatic hydroxyl groups excluding tert-OH is 1. The molecule has 0 aromatic carbocycles. The van der Waals surface area contributed by atoms with Crippen LogP contribution in [0.25, 0.3) is 0 Å². The number of aliphatic hydroxyl groups is 1. The number of aryl methyl sites for hydroxylation is 1. The highest BCUT2D eigenvalue weighted by molar-refractivity contribution is 7.09. The van der Waals surface area contributed by atoms with E-state index in [0.29, 0.717) is 13.0 Å². The highest BCUT2D eigenvalue weighted by atomic mass is 32.1. The number of thiazole rings is 1. The van der Waals surface area contributed by atoms with E-state index in [0.717, 1.165) is 17.2 Å². The second kappa shape index (κ2) is 5.32. The SMILES string of the molecule is CCNCC(O)Cc1nc(C)cs1. The first-order valence-corrected chi connectivity index (χ1v) is 5.40. The Bertz CT molecular complexity index is 250. The van der Waals surface area contributed by atoms with Gasteiger partial charge in [0.25, 0.3) is 0 Å². The molecule has 1 heterocycles. The Hall–Kier alpha value is -0.450. The van der Waals surface area contributed by atoms with Gasteiger partial charge >= 0.3 is 0 Å². The highest BCUT2D eigenvalue weighted by Crippen LogP contribution is 2.10. The minimum absolute atomic E-state index is 0.314. The molecule has 3 nitrogen and oxygen atoms in total. The van der Waals surface area contributed by atoms with E-state index in [1.807, 2.05) is 19.2 Å². The molecule has 1 unspecified atom stereocenters. The maximum absolute atomic E-state index is 9.55. The fraction of sp³-hybridized carbons (Fsp3) is 0.667. The van der Waals surface area contributed by atoms with E-state index in [2.05, 4.69) is 10.3 Å².